The highest BCUT2D eigenvalue weighted by molar-refractivity contribution is 5.95. The lowest BCUT2D eigenvalue weighted by Gasteiger charge is -2.08. The molecule has 17 heavy (non-hydrogen) atoms. The van der Waals surface area contributed by atoms with Crippen LogP contribution in [0.15, 0.2) is 29.3 Å². The van der Waals surface area contributed by atoms with Crippen molar-refractivity contribution >= 4 is 11.5 Å². The van der Waals surface area contributed by atoms with Crippen LogP contribution in [0.5, 0.6) is 5.75 Å². The van der Waals surface area contributed by atoms with Crippen molar-refractivity contribution in [2.75, 3.05) is 19.0 Å². The zero-order valence-corrected chi connectivity index (χ0v) is 11.7. The van der Waals surface area contributed by atoms with E-state index in [9.17, 15) is 0 Å². The highest BCUT2D eigenvalue weighted by atomic mass is 79.9. The van der Waals surface area contributed by atoms with Crippen LogP contribution in [0.4, 0.5) is 5.69 Å². The molecule has 1 heterocycles. The van der Waals surface area contributed by atoms with Gasteiger partial charge in [0.2, 0.25) is 0 Å². The van der Waals surface area contributed by atoms with Gasteiger partial charge in [-0.05, 0) is 37.1 Å². The summed E-state index contributed by atoms with van der Waals surface area (Å²) in [6, 6.07) is 7.96. The third-order valence-corrected chi connectivity index (χ3v) is 2.75. The molecule has 0 atom stereocenters. The molecular formula is C13H18BrN2O-. The van der Waals surface area contributed by atoms with Crippen molar-refractivity contribution in [3.63, 3.8) is 0 Å². The van der Waals surface area contributed by atoms with Gasteiger partial charge in [0.15, 0.2) is 0 Å². The van der Waals surface area contributed by atoms with Crippen molar-refractivity contribution in [2.24, 2.45) is 4.99 Å². The Kier molecular flexibility index (Phi) is 6.05. The summed E-state index contributed by atoms with van der Waals surface area (Å²) >= 11 is 0. The number of hydrogen-bond acceptors (Lipinski definition) is 3. The van der Waals surface area contributed by atoms with Crippen LogP contribution < -0.4 is 27.0 Å². The maximum absolute atomic E-state index is 5.12. The minimum atomic E-state index is 0. The van der Waals surface area contributed by atoms with E-state index in [0.717, 1.165) is 30.2 Å². The van der Waals surface area contributed by atoms with Crippen LogP contribution in [0.1, 0.15) is 25.7 Å². The van der Waals surface area contributed by atoms with Crippen LogP contribution in [0.2, 0.25) is 0 Å². The maximum Gasteiger partial charge on any atom is 0.119 e. The molecule has 1 aromatic carbocycles. The first-order chi connectivity index (χ1) is 7.88. The summed E-state index contributed by atoms with van der Waals surface area (Å²) in [6.07, 6.45) is 4.80. The lowest BCUT2D eigenvalue weighted by atomic mass is 10.2. The van der Waals surface area contributed by atoms with Gasteiger partial charge >= 0.3 is 0 Å². The molecule has 0 fully saturated rings. The van der Waals surface area contributed by atoms with E-state index >= 15 is 0 Å². The van der Waals surface area contributed by atoms with Gasteiger partial charge in [-0.15, -0.1) is 0 Å². The van der Waals surface area contributed by atoms with Crippen LogP contribution in [-0.2, 0) is 0 Å². The molecular weight excluding hydrogens is 280 g/mol. The molecule has 1 aliphatic heterocycles. The summed E-state index contributed by atoms with van der Waals surface area (Å²) in [4.78, 5) is 4.54. The topological polar surface area (TPSA) is 33.6 Å². The number of halogens is 1. The number of benzene rings is 1. The monoisotopic (exact) mass is 297 g/mol. The van der Waals surface area contributed by atoms with Gasteiger partial charge in [-0.2, -0.15) is 0 Å². The molecule has 0 radical (unpaired) electrons. The van der Waals surface area contributed by atoms with Crippen LogP contribution in [0, 0.1) is 0 Å². The zero-order chi connectivity index (χ0) is 11.2. The third-order valence-electron chi connectivity index (χ3n) is 2.75. The van der Waals surface area contributed by atoms with Gasteiger partial charge in [0.05, 0.1) is 7.11 Å². The van der Waals surface area contributed by atoms with E-state index in [1.807, 2.05) is 24.3 Å². The average molecular weight is 298 g/mol. The van der Waals surface area contributed by atoms with Gasteiger partial charge in [0.1, 0.15) is 11.6 Å². The van der Waals surface area contributed by atoms with Crippen molar-refractivity contribution in [3.05, 3.63) is 24.3 Å². The fourth-order valence-corrected chi connectivity index (χ4v) is 1.82. The lowest BCUT2D eigenvalue weighted by molar-refractivity contribution is -0.00000366. The Hall–Kier alpha value is -1.03. The van der Waals surface area contributed by atoms with Crippen molar-refractivity contribution < 1.29 is 21.7 Å². The molecule has 94 valence electrons. The number of aliphatic imine (C=N–C) groups is 1. The van der Waals surface area contributed by atoms with Crippen LogP contribution in [0.3, 0.4) is 0 Å². The standard InChI is InChI=1S/C13H18N2O.BrH/c1-16-12-8-6-11(7-9-12)15-13-5-3-2-4-10-14-13;/h6-9H,2-5,10H2,1H3,(H,14,15);1H/p-1. The first-order valence-corrected chi connectivity index (χ1v) is 5.83. The molecule has 4 heteroatoms. The molecule has 0 aliphatic carbocycles. The minimum Gasteiger partial charge on any atom is -1.00 e. The van der Waals surface area contributed by atoms with E-state index in [-0.39, 0.29) is 17.0 Å². The molecule has 0 spiro atoms. The van der Waals surface area contributed by atoms with Crippen molar-refractivity contribution in [1.29, 1.82) is 0 Å². The predicted molar refractivity (Wildman–Crippen MR) is 67.4 cm³/mol. The van der Waals surface area contributed by atoms with Gasteiger partial charge in [-0.3, -0.25) is 4.99 Å². The number of anilines is 1. The number of hydrogen-bond donors (Lipinski definition) is 1. The Morgan fingerprint density at radius 2 is 1.88 bits per heavy atom. The predicted octanol–water partition coefficient (Wildman–Crippen LogP) is 0.0836. The molecule has 0 unspecified atom stereocenters. The smallest absolute Gasteiger partial charge is 0.119 e. The third kappa shape index (κ3) is 4.38. The van der Waals surface area contributed by atoms with Crippen molar-refractivity contribution in [2.45, 2.75) is 25.7 Å². The second-order valence-corrected chi connectivity index (χ2v) is 3.99. The first-order valence-electron chi connectivity index (χ1n) is 5.83. The van der Waals surface area contributed by atoms with Gasteiger partial charge in [-0.25, -0.2) is 0 Å². The molecule has 0 aromatic heterocycles. The number of rotatable bonds is 2. The molecule has 0 saturated heterocycles. The zero-order valence-electron chi connectivity index (χ0n) is 10.1. The van der Waals surface area contributed by atoms with Gasteiger partial charge < -0.3 is 27.0 Å². The van der Waals surface area contributed by atoms with Crippen molar-refractivity contribution in [3.8, 4) is 5.75 Å². The van der Waals surface area contributed by atoms with Crippen LogP contribution >= 0.6 is 0 Å². The molecule has 1 aromatic rings. The van der Waals surface area contributed by atoms with Gasteiger partial charge in [0.25, 0.3) is 0 Å². The van der Waals surface area contributed by atoms with Crippen LogP contribution in [-0.4, -0.2) is 19.5 Å². The van der Waals surface area contributed by atoms with Crippen molar-refractivity contribution in [1.82, 2.24) is 0 Å². The highest BCUT2D eigenvalue weighted by Gasteiger charge is 2.04. The van der Waals surface area contributed by atoms with E-state index in [1.54, 1.807) is 7.11 Å². The number of nitrogens with zero attached hydrogens (tertiary/aromatic N) is 1. The Bertz CT molecular complexity index is 362. The quantitative estimate of drug-likeness (QED) is 0.839. The number of methoxy groups -OCH3 is 1. The molecule has 1 aliphatic rings. The maximum atomic E-state index is 5.12. The summed E-state index contributed by atoms with van der Waals surface area (Å²) in [6.45, 7) is 0.957. The highest BCUT2D eigenvalue weighted by Crippen LogP contribution is 2.16. The molecule has 0 bridgehead atoms. The van der Waals surface area contributed by atoms with E-state index < -0.39 is 0 Å². The average Bonchev–Trinajstić information content (AvgIpc) is 2.59. The van der Waals surface area contributed by atoms with E-state index in [1.165, 1.54) is 19.3 Å². The second kappa shape index (κ2) is 7.33. The summed E-state index contributed by atoms with van der Waals surface area (Å²) in [7, 11) is 1.68. The molecule has 0 amide bonds. The fourth-order valence-electron chi connectivity index (χ4n) is 1.82. The molecule has 3 nitrogen and oxygen atoms in total. The van der Waals surface area contributed by atoms with E-state index in [0.29, 0.717) is 0 Å². The van der Waals surface area contributed by atoms with Gasteiger partial charge in [-0.1, -0.05) is 6.42 Å². The number of amidine groups is 1. The molecule has 1 N–H and O–H groups in total. The largest absolute Gasteiger partial charge is 1.00 e. The Labute approximate surface area is 113 Å². The molecule has 2 rings (SSSR count). The second-order valence-electron chi connectivity index (χ2n) is 3.99. The Balaban J connectivity index is 0.00000144. The SMILES string of the molecule is COc1ccc(NC2=NCCCCC2)cc1.[Br-]. The number of nitrogens with one attached hydrogen (secondary N) is 1. The summed E-state index contributed by atoms with van der Waals surface area (Å²) in [5.41, 5.74) is 1.08. The normalized spacial score (nSPS) is 15.2. The molecule has 0 saturated carbocycles. The van der Waals surface area contributed by atoms with Gasteiger partial charge in [0, 0.05) is 18.7 Å². The Morgan fingerprint density at radius 1 is 1.12 bits per heavy atom. The van der Waals surface area contributed by atoms with E-state index in [2.05, 4.69) is 10.3 Å². The first kappa shape index (κ1) is 14.0. The minimum absolute atomic E-state index is 0. The fraction of sp³-hybridized carbons (Fsp3) is 0.462. The summed E-state index contributed by atoms with van der Waals surface area (Å²) in [5, 5.41) is 3.37. The summed E-state index contributed by atoms with van der Waals surface area (Å²) < 4.78 is 5.12. The number of ether oxygens (including phenoxy) is 1. The van der Waals surface area contributed by atoms with Crippen LogP contribution in [0.25, 0.3) is 0 Å². The van der Waals surface area contributed by atoms with E-state index in [4.69, 9.17) is 4.74 Å². The summed E-state index contributed by atoms with van der Waals surface area (Å²) in [5.74, 6) is 2.00. The Morgan fingerprint density at radius 3 is 2.59 bits per heavy atom. The lowest BCUT2D eigenvalue weighted by Crippen LogP contribution is -3.00.